The molecule has 204 valence electrons. The van der Waals surface area contributed by atoms with Gasteiger partial charge in [0, 0.05) is 17.3 Å². The number of rotatable bonds is 7. The number of anilines is 1. The van der Waals surface area contributed by atoms with Gasteiger partial charge in [0.15, 0.2) is 4.80 Å². The summed E-state index contributed by atoms with van der Waals surface area (Å²) in [6, 6.07) is 19.5. The van der Waals surface area contributed by atoms with Crippen molar-refractivity contribution in [1.82, 2.24) is 4.57 Å². The number of methoxy groups -OCH3 is 3. The maximum absolute atomic E-state index is 14.0. The normalized spacial score (nSPS) is 14.8. The van der Waals surface area contributed by atoms with Gasteiger partial charge in [-0.2, -0.15) is 0 Å². The van der Waals surface area contributed by atoms with Gasteiger partial charge in [-0.05, 0) is 67.4 Å². The van der Waals surface area contributed by atoms with Crippen molar-refractivity contribution in [1.29, 1.82) is 0 Å². The molecule has 1 aliphatic heterocycles. The SMILES string of the molecule is COc1ccc(/C=c2\sc3n(c2=O)[C@@H](c2ccc(OC)cc2OC)C(C(=O)Nc2ccccc2)=C(C)N=3)c(C)c1. The fourth-order valence-corrected chi connectivity index (χ4v) is 5.79. The number of carbonyl (C=O) groups excluding carboxylic acids is 1. The van der Waals surface area contributed by atoms with Crippen LogP contribution in [0.2, 0.25) is 0 Å². The molecule has 8 nitrogen and oxygen atoms in total. The summed E-state index contributed by atoms with van der Waals surface area (Å²) in [7, 11) is 4.74. The number of para-hydroxylation sites is 1. The molecule has 5 rings (SSSR count). The summed E-state index contributed by atoms with van der Waals surface area (Å²) in [5.74, 6) is 1.48. The van der Waals surface area contributed by atoms with Crippen molar-refractivity contribution in [3.8, 4) is 17.2 Å². The average molecular weight is 556 g/mol. The van der Waals surface area contributed by atoms with E-state index in [-0.39, 0.29) is 11.5 Å². The zero-order chi connectivity index (χ0) is 28.4. The second-order valence-electron chi connectivity index (χ2n) is 9.23. The molecule has 9 heteroatoms. The van der Waals surface area contributed by atoms with Crippen LogP contribution < -0.4 is 34.4 Å². The van der Waals surface area contributed by atoms with Crippen molar-refractivity contribution in [3.05, 3.63) is 114 Å². The van der Waals surface area contributed by atoms with E-state index in [0.29, 0.717) is 43.4 Å². The predicted molar refractivity (Wildman–Crippen MR) is 156 cm³/mol. The van der Waals surface area contributed by atoms with E-state index >= 15 is 0 Å². The van der Waals surface area contributed by atoms with E-state index in [1.165, 1.54) is 11.3 Å². The second kappa shape index (κ2) is 11.2. The third-order valence-corrected chi connectivity index (χ3v) is 7.78. The lowest BCUT2D eigenvalue weighted by Crippen LogP contribution is -2.40. The molecule has 1 amide bonds. The molecule has 0 saturated carbocycles. The lowest BCUT2D eigenvalue weighted by molar-refractivity contribution is -0.113. The highest BCUT2D eigenvalue weighted by molar-refractivity contribution is 7.07. The lowest BCUT2D eigenvalue weighted by Gasteiger charge is -2.26. The Balaban J connectivity index is 1.72. The summed E-state index contributed by atoms with van der Waals surface area (Å²) < 4.78 is 18.5. The molecule has 3 aromatic carbocycles. The summed E-state index contributed by atoms with van der Waals surface area (Å²) in [6.45, 7) is 3.75. The summed E-state index contributed by atoms with van der Waals surface area (Å²) in [5, 5.41) is 2.96. The minimum atomic E-state index is -0.778. The average Bonchev–Trinajstić information content (AvgIpc) is 3.27. The molecule has 1 aliphatic rings. The number of fused-ring (bicyclic) bond motifs is 1. The van der Waals surface area contributed by atoms with Gasteiger partial charge in [0.2, 0.25) is 0 Å². The molecular formula is C31H29N3O5S. The first-order chi connectivity index (χ1) is 19.3. The van der Waals surface area contributed by atoms with E-state index in [1.54, 1.807) is 45.0 Å². The summed E-state index contributed by atoms with van der Waals surface area (Å²) in [4.78, 5) is 33.0. The van der Waals surface area contributed by atoms with E-state index in [2.05, 4.69) is 5.32 Å². The standard InChI is InChI=1S/C31H29N3O5S/c1-18-15-22(37-3)12-11-20(18)16-26-30(36)34-28(24-14-13-23(38-4)17-25(24)39-5)27(19(2)32-31(34)40-26)29(35)33-21-9-7-6-8-10-21/h6-17,28H,1-5H3,(H,33,35)/b26-16-/t28-/m0/s1. The Morgan fingerprint density at radius 1 is 0.950 bits per heavy atom. The van der Waals surface area contributed by atoms with Gasteiger partial charge in [-0.25, -0.2) is 4.99 Å². The van der Waals surface area contributed by atoms with E-state index in [0.717, 1.165) is 16.9 Å². The van der Waals surface area contributed by atoms with Crippen LogP contribution in [-0.4, -0.2) is 31.8 Å². The van der Waals surface area contributed by atoms with Gasteiger partial charge >= 0.3 is 0 Å². The molecule has 0 bridgehead atoms. The fraction of sp³-hybridized carbons (Fsp3) is 0.194. The third-order valence-electron chi connectivity index (χ3n) is 6.80. The summed E-state index contributed by atoms with van der Waals surface area (Å²) in [6.07, 6.45) is 1.85. The Kier molecular flexibility index (Phi) is 7.57. The molecule has 1 N–H and O–H groups in total. The van der Waals surface area contributed by atoms with Crippen molar-refractivity contribution < 1.29 is 19.0 Å². The molecule has 0 radical (unpaired) electrons. The van der Waals surface area contributed by atoms with Crippen molar-refractivity contribution >= 4 is 29.0 Å². The van der Waals surface area contributed by atoms with Crippen LogP contribution >= 0.6 is 11.3 Å². The summed E-state index contributed by atoms with van der Waals surface area (Å²) >= 11 is 1.28. The number of aryl methyl sites for hydroxylation is 1. The Morgan fingerprint density at radius 2 is 1.65 bits per heavy atom. The minimum Gasteiger partial charge on any atom is -0.497 e. The monoisotopic (exact) mass is 555 g/mol. The highest BCUT2D eigenvalue weighted by atomic mass is 32.1. The third kappa shape index (κ3) is 5.03. The van der Waals surface area contributed by atoms with Crippen molar-refractivity contribution in [3.63, 3.8) is 0 Å². The van der Waals surface area contributed by atoms with Crippen LogP contribution in [0.15, 0.2) is 87.8 Å². The molecule has 0 aliphatic carbocycles. The van der Waals surface area contributed by atoms with Gasteiger partial charge in [0.05, 0.1) is 37.1 Å². The van der Waals surface area contributed by atoms with Crippen LogP contribution in [0, 0.1) is 6.92 Å². The number of allylic oxidation sites excluding steroid dienone is 1. The topological polar surface area (TPSA) is 91.1 Å². The maximum Gasteiger partial charge on any atom is 0.271 e. The summed E-state index contributed by atoms with van der Waals surface area (Å²) in [5.41, 5.74) is 3.76. The molecule has 0 saturated heterocycles. The molecule has 0 unspecified atom stereocenters. The molecule has 1 aromatic heterocycles. The Morgan fingerprint density at radius 3 is 2.33 bits per heavy atom. The molecule has 40 heavy (non-hydrogen) atoms. The number of aromatic nitrogens is 1. The fourth-order valence-electron chi connectivity index (χ4n) is 4.75. The zero-order valence-corrected chi connectivity index (χ0v) is 23.7. The Bertz CT molecular complexity index is 1800. The largest absolute Gasteiger partial charge is 0.497 e. The number of nitrogens with one attached hydrogen (secondary N) is 1. The molecule has 1 atom stereocenters. The maximum atomic E-state index is 14.0. The number of carbonyl (C=O) groups is 1. The van der Waals surface area contributed by atoms with Crippen LogP contribution in [0.5, 0.6) is 17.2 Å². The van der Waals surface area contributed by atoms with Crippen LogP contribution in [0.25, 0.3) is 6.08 Å². The van der Waals surface area contributed by atoms with Crippen molar-refractivity contribution in [2.24, 2.45) is 4.99 Å². The van der Waals surface area contributed by atoms with Gasteiger partial charge in [-0.3, -0.25) is 14.2 Å². The van der Waals surface area contributed by atoms with Crippen LogP contribution in [0.3, 0.4) is 0 Å². The van der Waals surface area contributed by atoms with Crippen LogP contribution in [0.4, 0.5) is 5.69 Å². The number of ether oxygens (including phenoxy) is 3. The van der Waals surface area contributed by atoms with E-state index < -0.39 is 6.04 Å². The number of hydrogen-bond donors (Lipinski definition) is 1. The van der Waals surface area contributed by atoms with Crippen LogP contribution in [-0.2, 0) is 4.79 Å². The van der Waals surface area contributed by atoms with E-state index in [9.17, 15) is 9.59 Å². The first-order valence-corrected chi connectivity index (χ1v) is 13.4. The number of nitrogens with zero attached hydrogens (tertiary/aromatic N) is 2. The van der Waals surface area contributed by atoms with Crippen molar-refractivity contribution in [2.75, 3.05) is 26.6 Å². The smallest absolute Gasteiger partial charge is 0.271 e. The van der Waals surface area contributed by atoms with Gasteiger partial charge in [0.25, 0.3) is 11.5 Å². The van der Waals surface area contributed by atoms with Gasteiger partial charge < -0.3 is 19.5 Å². The van der Waals surface area contributed by atoms with E-state index in [1.807, 2.05) is 67.6 Å². The van der Waals surface area contributed by atoms with Crippen molar-refractivity contribution in [2.45, 2.75) is 19.9 Å². The van der Waals surface area contributed by atoms with Gasteiger partial charge in [0.1, 0.15) is 23.3 Å². The predicted octanol–water partition coefficient (Wildman–Crippen LogP) is 4.21. The van der Waals surface area contributed by atoms with Crippen LogP contribution in [0.1, 0.15) is 29.7 Å². The highest BCUT2D eigenvalue weighted by Gasteiger charge is 2.34. The number of hydrogen-bond acceptors (Lipinski definition) is 7. The lowest BCUT2D eigenvalue weighted by atomic mass is 9.94. The van der Waals surface area contributed by atoms with Gasteiger partial charge in [-0.15, -0.1) is 0 Å². The first kappa shape index (κ1) is 27.0. The number of benzene rings is 3. The Labute approximate surface area is 235 Å². The second-order valence-corrected chi connectivity index (χ2v) is 10.2. The van der Waals surface area contributed by atoms with E-state index in [4.69, 9.17) is 19.2 Å². The number of thiazole rings is 1. The first-order valence-electron chi connectivity index (χ1n) is 12.6. The quantitative estimate of drug-likeness (QED) is 0.369. The van der Waals surface area contributed by atoms with Gasteiger partial charge in [-0.1, -0.05) is 35.6 Å². The number of amides is 1. The molecular weight excluding hydrogens is 526 g/mol. The minimum absolute atomic E-state index is 0.251. The zero-order valence-electron chi connectivity index (χ0n) is 22.8. The molecule has 2 heterocycles. The Hall–Kier alpha value is -4.63. The molecule has 4 aromatic rings. The molecule has 0 fully saturated rings. The molecule has 0 spiro atoms. The highest BCUT2D eigenvalue weighted by Crippen LogP contribution is 2.37.